The van der Waals surface area contributed by atoms with Crippen molar-refractivity contribution in [1.82, 2.24) is 5.32 Å². The van der Waals surface area contributed by atoms with Crippen molar-refractivity contribution in [3.05, 3.63) is 23.1 Å². The minimum absolute atomic E-state index is 0.0243. The van der Waals surface area contributed by atoms with E-state index in [2.05, 4.69) is 25.2 Å². The number of ether oxygens (including phenoxy) is 1. The average molecular weight is 347 g/mol. The zero-order valence-electron chi connectivity index (χ0n) is 16.2. The van der Waals surface area contributed by atoms with Gasteiger partial charge in [0, 0.05) is 24.8 Å². The minimum atomic E-state index is -0.142. The van der Waals surface area contributed by atoms with Crippen molar-refractivity contribution in [2.75, 3.05) is 6.61 Å². The highest BCUT2D eigenvalue weighted by Gasteiger charge is 2.37. The topological polar surface area (TPSA) is 55.4 Å². The highest BCUT2D eigenvalue weighted by Crippen LogP contribution is 2.31. The lowest BCUT2D eigenvalue weighted by Gasteiger charge is -2.37. The van der Waals surface area contributed by atoms with E-state index in [1.807, 2.05) is 13.8 Å². The van der Waals surface area contributed by atoms with Crippen LogP contribution in [0.25, 0.3) is 0 Å². The Bertz CT molecular complexity index is 559. The van der Waals surface area contributed by atoms with Crippen molar-refractivity contribution in [3.8, 4) is 0 Å². The second kappa shape index (κ2) is 9.21. The highest BCUT2D eigenvalue weighted by atomic mass is 16.5. The highest BCUT2D eigenvalue weighted by molar-refractivity contribution is 5.97. The van der Waals surface area contributed by atoms with Crippen molar-refractivity contribution < 1.29 is 14.3 Å². The maximum Gasteiger partial charge on any atom is 0.194 e. The van der Waals surface area contributed by atoms with Gasteiger partial charge >= 0.3 is 0 Å². The van der Waals surface area contributed by atoms with Crippen molar-refractivity contribution in [2.24, 2.45) is 11.8 Å². The Morgan fingerprint density at radius 2 is 2.00 bits per heavy atom. The first-order valence-corrected chi connectivity index (χ1v) is 9.84. The standard InChI is InChI=1S/C21H33NO3/c1-5-18(23)16-12-17(19(24)6-2)21(22-20(16)14(3)4)25-13-15-10-8-7-9-11-15/h10,14,16,20,22H,5-9,11-13H2,1-4H3/t16-,20+/m1/s1. The number of hydrogen-bond donors (Lipinski definition) is 1. The maximum absolute atomic E-state index is 12.5. The molecule has 1 aliphatic heterocycles. The Kier molecular flexibility index (Phi) is 7.27. The van der Waals surface area contributed by atoms with Crippen LogP contribution in [-0.2, 0) is 14.3 Å². The molecular formula is C21H33NO3. The van der Waals surface area contributed by atoms with Crippen molar-refractivity contribution >= 4 is 11.6 Å². The molecule has 2 rings (SSSR count). The first-order valence-electron chi connectivity index (χ1n) is 9.84. The lowest BCUT2D eigenvalue weighted by atomic mass is 9.78. The Labute approximate surface area is 152 Å². The van der Waals surface area contributed by atoms with Crippen LogP contribution in [0.2, 0.25) is 0 Å². The number of carbonyl (C=O) groups excluding carboxylic acids is 2. The van der Waals surface area contributed by atoms with Gasteiger partial charge in [0.1, 0.15) is 12.4 Å². The van der Waals surface area contributed by atoms with E-state index >= 15 is 0 Å². The Morgan fingerprint density at radius 3 is 2.56 bits per heavy atom. The number of rotatable bonds is 8. The summed E-state index contributed by atoms with van der Waals surface area (Å²) in [6.07, 6.45) is 8.37. The Balaban J connectivity index is 2.23. The van der Waals surface area contributed by atoms with Gasteiger partial charge in [-0.15, -0.1) is 0 Å². The second-order valence-corrected chi connectivity index (χ2v) is 7.53. The monoisotopic (exact) mass is 347 g/mol. The third-order valence-electron chi connectivity index (χ3n) is 5.35. The molecule has 4 heteroatoms. The van der Waals surface area contributed by atoms with E-state index in [1.165, 1.54) is 18.4 Å². The molecule has 2 atom stereocenters. The number of carbonyl (C=O) groups is 2. The third kappa shape index (κ3) is 4.96. The quantitative estimate of drug-likeness (QED) is 0.665. The molecule has 0 amide bonds. The Morgan fingerprint density at radius 1 is 1.24 bits per heavy atom. The number of allylic oxidation sites excluding steroid dienone is 2. The van der Waals surface area contributed by atoms with E-state index in [0.717, 1.165) is 12.8 Å². The zero-order valence-corrected chi connectivity index (χ0v) is 16.2. The molecule has 0 saturated heterocycles. The van der Waals surface area contributed by atoms with E-state index in [-0.39, 0.29) is 23.5 Å². The predicted molar refractivity (Wildman–Crippen MR) is 100.0 cm³/mol. The van der Waals surface area contributed by atoms with E-state index in [0.29, 0.717) is 43.2 Å². The van der Waals surface area contributed by atoms with E-state index in [4.69, 9.17) is 4.74 Å². The van der Waals surface area contributed by atoms with Gasteiger partial charge in [-0.05, 0) is 43.6 Å². The molecular weight excluding hydrogens is 314 g/mol. The van der Waals surface area contributed by atoms with Crippen LogP contribution in [0.3, 0.4) is 0 Å². The minimum Gasteiger partial charge on any atom is -0.474 e. The number of Topliss-reactive ketones (excluding diaryl/α,β-unsaturated/α-hetero) is 2. The van der Waals surface area contributed by atoms with Gasteiger partial charge in [-0.2, -0.15) is 0 Å². The molecule has 140 valence electrons. The fourth-order valence-corrected chi connectivity index (χ4v) is 3.77. The average Bonchev–Trinajstić information content (AvgIpc) is 2.65. The van der Waals surface area contributed by atoms with Crippen molar-refractivity contribution in [1.29, 1.82) is 0 Å². The van der Waals surface area contributed by atoms with Crippen LogP contribution in [0.4, 0.5) is 0 Å². The first-order chi connectivity index (χ1) is 12.0. The van der Waals surface area contributed by atoms with Crippen LogP contribution in [-0.4, -0.2) is 24.2 Å². The molecule has 25 heavy (non-hydrogen) atoms. The van der Waals surface area contributed by atoms with Gasteiger partial charge in [0.05, 0.1) is 5.57 Å². The fourth-order valence-electron chi connectivity index (χ4n) is 3.77. The smallest absolute Gasteiger partial charge is 0.194 e. The van der Waals surface area contributed by atoms with Gasteiger partial charge < -0.3 is 10.1 Å². The molecule has 0 spiro atoms. The van der Waals surface area contributed by atoms with Crippen LogP contribution < -0.4 is 5.32 Å². The van der Waals surface area contributed by atoms with Crippen LogP contribution in [0, 0.1) is 11.8 Å². The molecule has 0 bridgehead atoms. The summed E-state index contributed by atoms with van der Waals surface area (Å²) in [7, 11) is 0. The predicted octanol–water partition coefficient (Wildman–Crippen LogP) is 4.31. The Hall–Kier alpha value is -1.58. The summed E-state index contributed by atoms with van der Waals surface area (Å²) in [5, 5.41) is 3.41. The maximum atomic E-state index is 12.5. The van der Waals surface area contributed by atoms with Gasteiger partial charge in [0.15, 0.2) is 11.7 Å². The third-order valence-corrected chi connectivity index (χ3v) is 5.35. The molecule has 0 aromatic carbocycles. The molecule has 0 aromatic heterocycles. The summed E-state index contributed by atoms with van der Waals surface area (Å²) in [5.74, 6) is 1.07. The van der Waals surface area contributed by atoms with Crippen LogP contribution in [0.15, 0.2) is 23.1 Å². The summed E-state index contributed by atoms with van der Waals surface area (Å²) >= 11 is 0. The summed E-state index contributed by atoms with van der Waals surface area (Å²) in [6, 6.07) is 0.0243. The molecule has 0 unspecified atom stereocenters. The summed E-state index contributed by atoms with van der Waals surface area (Å²) in [4.78, 5) is 24.9. The molecule has 0 fully saturated rings. The van der Waals surface area contributed by atoms with Crippen molar-refractivity contribution in [2.45, 2.75) is 78.7 Å². The van der Waals surface area contributed by atoms with Gasteiger partial charge in [0.25, 0.3) is 0 Å². The normalized spacial score (nSPS) is 24.0. The van der Waals surface area contributed by atoms with Crippen LogP contribution in [0.1, 0.15) is 72.6 Å². The van der Waals surface area contributed by atoms with Crippen LogP contribution in [0.5, 0.6) is 0 Å². The number of ketones is 2. The fraction of sp³-hybridized carbons (Fsp3) is 0.714. The van der Waals surface area contributed by atoms with Gasteiger partial charge in [-0.25, -0.2) is 0 Å². The number of nitrogens with one attached hydrogen (secondary N) is 1. The van der Waals surface area contributed by atoms with E-state index in [1.54, 1.807) is 0 Å². The molecule has 1 aliphatic carbocycles. The van der Waals surface area contributed by atoms with Crippen molar-refractivity contribution in [3.63, 3.8) is 0 Å². The summed E-state index contributed by atoms with van der Waals surface area (Å²) < 4.78 is 6.07. The molecule has 4 nitrogen and oxygen atoms in total. The van der Waals surface area contributed by atoms with Gasteiger partial charge in [-0.3, -0.25) is 9.59 Å². The lowest BCUT2D eigenvalue weighted by molar-refractivity contribution is -0.124. The van der Waals surface area contributed by atoms with E-state index in [9.17, 15) is 9.59 Å². The number of hydrogen-bond acceptors (Lipinski definition) is 4. The van der Waals surface area contributed by atoms with E-state index < -0.39 is 0 Å². The lowest BCUT2D eigenvalue weighted by Crippen LogP contribution is -2.48. The molecule has 0 aromatic rings. The molecule has 0 saturated carbocycles. The molecule has 2 aliphatic rings. The first kappa shape index (κ1) is 19.7. The second-order valence-electron chi connectivity index (χ2n) is 7.53. The molecule has 1 N–H and O–H groups in total. The molecule has 0 radical (unpaired) electrons. The zero-order chi connectivity index (χ0) is 18.4. The van der Waals surface area contributed by atoms with Gasteiger partial charge in [0.2, 0.25) is 0 Å². The summed E-state index contributed by atoms with van der Waals surface area (Å²) in [5.41, 5.74) is 1.99. The largest absolute Gasteiger partial charge is 0.474 e. The van der Waals surface area contributed by atoms with Gasteiger partial charge in [-0.1, -0.05) is 33.8 Å². The summed E-state index contributed by atoms with van der Waals surface area (Å²) in [6.45, 7) is 8.53. The van der Waals surface area contributed by atoms with Crippen LogP contribution >= 0.6 is 0 Å². The SMILES string of the molecule is CCC(=O)C1=C(OCC2=CCCCC2)N[C@@H](C(C)C)[C@@H](C(=O)CC)C1. The molecule has 1 heterocycles.